The van der Waals surface area contributed by atoms with E-state index >= 15 is 0 Å². The summed E-state index contributed by atoms with van der Waals surface area (Å²) in [5.41, 5.74) is 0. The molecule has 0 heterocycles. The monoisotopic (exact) mass is 442 g/mol. The largest absolute Gasteiger partial charge is 0.432 e. The van der Waals surface area contributed by atoms with Gasteiger partial charge in [0.05, 0.1) is 6.10 Å². The topological polar surface area (TPSA) is 103 Å². The fourth-order valence-electron chi connectivity index (χ4n) is 2.97. The van der Waals surface area contributed by atoms with Crippen LogP contribution in [0.3, 0.4) is 0 Å². The summed E-state index contributed by atoms with van der Waals surface area (Å²) in [6, 6.07) is 3.43. The van der Waals surface area contributed by atoms with Crippen LogP contribution in [-0.4, -0.2) is 35.3 Å². The summed E-state index contributed by atoms with van der Waals surface area (Å²) >= 11 is 0. The molecule has 1 saturated carbocycles. The number of aliphatic hydroxyl groups excluding tert-OH is 1. The Bertz CT molecular complexity index is 205. The maximum absolute atomic E-state index is 10.5. The van der Waals surface area contributed by atoms with E-state index in [0.717, 1.165) is 31.0 Å². The van der Waals surface area contributed by atoms with E-state index in [4.69, 9.17) is 5.11 Å². The number of unbranched alkanes of at least 4 members (excludes halogenated alkanes) is 3. The van der Waals surface area contributed by atoms with Crippen molar-refractivity contribution in [1.82, 2.24) is 0 Å². The molecule has 0 aromatic carbocycles. The third kappa shape index (κ3) is 19.3. The Hall–Kier alpha value is 0.940. The van der Waals surface area contributed by atoms with E-state index in [1.165, 1.54) is 57.8 Å². The van der Waals surface area contributed by atoms with Gasteiger partial charge in [0.1, 0.15) is 0 Å². The van der Waals surface area contributed by atoms with E-state index in [9.17, 15) is 4.80 Å². The molecule has 1 aliphatic carbocycles. The molecule has 0 aliphatic heterocycles. The minimum atomic E-state index is -1.81. The summed E-state index contributed by atoms with van der Waals surface area (Å²) in [7, 11) is -1.81. The minimum absolute atomic E-state index is 0. The van der Waals surface area contributed by atoms with Crippen LogP contribution < -0.4 is 0 Å². The van der Waals surface area contributed by atoms with Crippen LogP contribution >= 0.6 is 0 Å². The summed E-state index contributed by atoms with van der Waals surface area (Å²) in [5, 5.41) is 8.91. The predicted octanol–water partition coefficient (Wildman–Crippen LogP) is 3.98. The number of aliphatic hydroxyl groups is 1. The summed E-state index contributed by atoms with van der Waals surface area (Å²) in [6.45, 7) is 6.65. The van der Waals surface area contributed by atoms with Crippen molar-refractivity contribution in [2.45, 2.75) is 116 Å². The molecule has 6 N–H and O–H groups in total. The predicted molar refractivity (Wildman–Crippen MR) is 103 cm³/mol. The first kappa shape index (κ1) is 32.6. The standard InChI is InChI=1S/C12H28OSi.C6H12O.2H2O.Zr/c1-4-7-10-14(13,11-8-5-2)12-9-6-3;7-6-4-2-1-3-5-6;;;/h13H,4-12H2,1-3H3;6-7H,1-5H2;2*1H2;. The second kappa shape index (κ2) is 22.0. The summed E-state index contributed by atoms with van der Waals surface area (Å²) < 4.78 is 0. The average Bonchev–Trinajstić information content (AvgIpc) is 2.51. The van der Waals surface area contributed by atoms with E-state index in [0.29, 0.717) is 0 Å². The van der Waals surface area contributed by atoms with Gasteiger partial charge in [-0.3, -0.25) is 0 Å². The van der Waals surface area contributed by atoms with Crippen molar-refractivity contribution in [1.29, 1.82) is 0 Å². The van der Waals surface area contributed by atoms with Crippen LogP contribution in [0.2, 0.25) is 18.1 Å². The summed E-state index contributed by atoms with van der Waals surface area (Å²) in [6.07, 6.45) is 13.3. The van der Waals surface area contributed by atoms with Crippen LogP contribution in [0.5, 0.6) is 0 Å². The molecular formula is C18H44O4SiZr. The second-order valence-corrected chi connectivity index (χ2v) is 10.8. The van der Waals surface area contributed by atoms with Gasteiger partial charge in [-0.15, -0.1) is 0 Å². The van der Waals surface area contributed by atoms with Gasteiger partial charge in [-0.05, 0) is 31.0 Å². The van der Waals surface area contributed by atoms with E-state index in [2.05, 4.69) is 20.8 Å². The third-order valence-corrected chi connectivity index (χ3v) is 8.41. The van der Waals surface area contributed by atoms with Crippen LogP contribution in [0.25, 0.3) is 0 Å². The minimum Gasteiger partial charge on any atom is -0.432 e. The Labute approximate surface area is 170 Å². The first-order valence-corrected chi connectivity index (χ1v) is 12.0. The molecule has 0 spiro atoms. The van der Waals surface area contributed by atoms with E-state index < -0.39 is 8.32 Å². The van der Waals surface area contributed by atoms with Gasteiger partial charge in [-0.1, -0.05) is 78.6 Å². The molecule has 148 valence electrons. The molecule has 0 atom stereocenters. The molecule has 4 nitrogen and oxygen atoms in total. The molecule has 0 amide bonds. The van der Waals surface area contributed by atoms with E-state index in [1.807, 2.05) is 0 Å². The van der Waals surface area contributed by atoms with Gasteiger partial charge in [0.25, 0.3) is 0 Å². The molecular weight excluding hydrogens is 400 g/mol. The van der Waals surface area contributed by atoms with Gasteiger partial charge >= 0.3 is 0 Å². The Balaban J connectivity index is -0.000000171. The average molecular weight is 444 g/mol. The smallest absolute Gasteiger partial charge is 0.188 e. The van der Waals surface area contributed by atoms with Crippen molar-refractivity contribution in [3.8, 4) is 0 Å². The first-order valence-electron chi connectivity index (χ1n) is 9.48. The Morgan fingerprint density at radius 3 is 1.29 bits per heavy atom. The van der Waals surface area contributed by atoms with Crippen LogP contribution in [0, 0.1) is 0 Å². The molecule has 0 bridgehead atoms. The summed E-state index contributed by atoms with van der Waals surface area (Å²) in [4.78, 5) is 10.5. The van der Waals surface area contributed by atoms with E-state index in [-0.39, 0.29) is 43.3 Å². The van der Waals surface area contributed by atoms with Crippen LogP contribution in [0.4, 0.5) is 0 Å². The maximum atomic E-state index is 10.5. The molecule has 0 radical (unpaired) electrons. The fourth-order valence-corrected chi connectivity index (χ4v) is 6.76. The summed E-state index contributed by atoms with van der Waals surface area (Å²) in [5.74, 6) is 0. The SMILES string of the molecule is CCCC[Si](O)(CCCC)CCCC.O.O.OC1CCCCC1.[Zr]. The van der Waals surface area contributed by atoms with Gasteiger partial charge in [-0.25, -0.2) is 0 Å². The van der Waals surface area contributed by atoms with Crippen molar-refractivity contribution < 1.29 is 47.1 Å². The molecule has 0 aromatic rings. The second-order valence-electron chi connectivity index (χ2n) is 6.83. The van der Waals surface area contributed by atoms with Crippen molar-refractivity contribution in [2.24, 2.45) is 0 Å². The van der Waals surface area contributed by atoms with Gasteiger partial charge in [0, 0.05) is 26.2 Å². The number of hydrogen-bond donors (Lipinski definition) is 2. The van der Waals surface area contributed by atoms with Crippen LogP contribution in [-0.2, 0) is 26.2 Å². The number of rotatable bonds is 9. The third-order valence-electron chi connectivity index (χ3n) is 4.56. The normalized spacial score (nSPS) is 14.4. The molecule has 24 heavy (non-hydrogen) atoms. The van der Waals surface area contributed by atoms with Crippen LogP contribution in [0.15, 0.2) is 0 Å². The van der Waals surface area contributed by atoms with Crippen molar-refractivity contribution in [3.63, 3.8) is 0 Å². The molecule has 6 heteroatoms. The zero-order valence-electron chi connectivity index (χ0n) is 16.4. The number of hydrogen-bond acceptors (Lipinski definition) is 2. The van der Waals surface area contributed by atoms with Gasteiger partial charge in [0.15, 0.2) is 8.32 Å². The maximum Gasteiger partial charge on any atom is 0.188 e. The Kier molecular flexibility index (Phi) is 29.9. The molecule has 0 aromatic heterocycles. The van der Waals surface area contributed by atoms with E-state index in [1.54, 1.807) is 0 Å². The Morgan fingerprint density at radius 2 is 1.08 bits per heavy atom. The van der Waals surface area contributed by atoms with Crippen molar-refractivity contribution in [3.05, 3.63) is 0 Å². The van der Waals surface area contributed by atoms with Gasteiger partial charge in [-0.2, -0.15) is 0 Å². The fraction of sp³-hybridized carbons (Fsp3) is 1.00. The van der Waals surface area contributed by atoms with Crippen molar-refractivity contribution in [2.75, 3.05) is 0 Å². The molecule has 1 fully saturated rings. The van der Waals surface area contributed by atoms with Crippen molar-refractivity contribution >= 4 is 8.32 Å². The van der Waals surface area contributed by atoms with Gasteiger partial charge < -0.3 is 20.9 Å². The molecule has 1 aliphatic rings. The Morgan fingerprint density at radius 1 is 0.750 bits per heavy atom. The zero-order valence-corrected chi connectivity index (χ0v) is 19.8. The quantitative estimate of drug-likeness (QED) is 0.526. The molecule has 1 rings (SSSR count). The van der Waals surface area contributed by atoms with Gasteiger partial charge in [0.2, 0.25) is 0 Å². The van der Waals surface area contributed by atoms with Crippen LogP contribution in [0.1, 0.15) is 91.4 Å². The molecule has 0 saturated heterocycles. The zero-order chi connectivity index (χ0) is 16.0. The first-order chi connectivity index (χ1) is 10.1. The molecule has 0 unspecified atom stereocenters.